The van der Waals surface area contributed by atoms with Gasteiger partial charge in [0.1, 0.15) is 40.7 Å². The number of aromatic nitrogens is 5. The molecule has 0 saturated carbocycles. The number of nitrogens with one attached hydrogen (secondary N) is 1. The Morgan fingerprint density at radius 2 is 2.03 bits per heavy atom. The van der Waals surface area contributed by atoms with Crippen LogP contribution in [-0.4, -0.2) is 54.7 Å². The highest BCUT2D eigenvalue weighted by Crippen LogP contribution is 2.39. The van der Waals surface area contributed by atoms with Crippen LogP contribution < -0.4 is 15.8 Å². The Kier molecular flexibility index (Phi) is 4.43. The molecule has 0 saturated heterocycles. The summed E-state index contributed by atoms with van der Waals surface area (Å²) < 4.78 is 7.78. The largest absolute Gasteiger partial charge is 0.491 e. The molecule has 182 valence electrons. The van der Waals surface area contributed by atoms with E-state index in [1.165, 1.54) is 0 Å². The zero-order valence-electron chi connectivity index (χ0n) is 19.7. The Morgan fingerprint density at radius 1 is 1.14 bits per heavy atom. The summed E-state index contributed by atoms with van der Waals surface area (Å²) in [7, 11) is 1.74. The van der Waals surface area contributed by atoms with E-state index in [1.54, 1.807) is 47.3 Å². The molecule has 4 aromatic heterocycles. The molecule has 1 atom stereocenters. The van der Waals surface area contributed by atoms with Gasteiger partial charge in [0.2, 0.25) is 5.91 Å². The van der Waals surface area contributed by atoms with E-state index >= 15 is 0 Å². The summed E-state index contributed by atoms with van der Waals surface area (Å²) >= 11 is 0. The highest BCUT2D eigenvalue weighted by Gasteiger charge is 2.32. The van der Waals surface area contributed by atoms with Gasteiger partial charge in [0.15, 0.2) is 0 Å². The van der Waals surface area contributed by atoms with Crippen molar-refractivity contribution < 1.29 is 14.3 Å². The van der Waals surface area contributed by atoms with E-state index in [1.807, 2.05) is 24.3 Å². The Balaban J connectivity index is 1.18. The average molecular weight is 492 g/mol. The number of pyridine rings is 2. The van der Waals surface area contributed by atoms with Gasteiger partial charge in [-0.1, -0.05) is 12.1 Å². The van der Waals surface area contributed by atoms with E-state index in [0.717, 1.165) is 22.3 Å². The van der Waals surface area contributed by atoms with Crippen LogP contribution >= 0.6 is 0 Å². The van der Waals surface area contributed by atoms with Crippen molar-refractivity contribution in [3.05, 3.63) is 72.1 Å². The second kappa shape index (κ2) is 7.72. The van der Waals surface area contributed by atoms with Gasteiger partial charge in [-0.2, -0.15) is 0 Å². The molecule has 2 amide bonds. The number of ether oxygens (including phenoxy) is 1. The number of nitrogens with two attached hydrogens (primary N) is 1. The van der Waals surface area contributed by atoms with Crippen LogP contribution in [0.4, 0.5) is 11.6 Å². The SMILES string of the molecule is CN(C(=O)c1cc2c(cn1)nc(N)c1cncn12)[C@H]1COc2cc(-c3cnc4c(c3)CC(=O)N4)ccc21. The molecular weight excluding hydrogens is 472 g/mol. The predicted molar refractivity (Wildman–Crippen MR) is 135 cm³/mol. The molecule has 6 heterocycles. The molecule has 5 aromatic rings. The summed E-state index contributed by atoms with van der Waals surface area (Å²) in [4.78, 5) is 44.0. The molecule has 11 heteroatoms. The smallest absolute Gasteiger partial charge is 0.272 e. The number of amides is 2. The fraction of sp³-hybridized carbons (Fsp3) is 0.154. The minimum Gasteiger partial charge on any atom is -0.491 e. The second-order valence-corrected chi connectivity index (χ2v) is 9.16. The molecule has 0 fully saturated rings. The van der Waals surface area contributed by atoms with Crippen molar-refractivity contribution in [3.8, 4) is 16.9 Å². The number of carbonyl (C=O) groups excluding carboxylic acids is 2. The van der Waals surface area contributed by atoms with Crippen LogP contribution in [0.15, 0.2) is 55.2 Å². The third kappa shape index (κ3) is 3.28. The quantitative estimate of drug-likeness (QED) is 0.392. The first-order valence-corrected chi connectivity index (χ1v) is 11.7. The molecule has 1 aromatic carbocycles. The van der Waals surface area contributed by atoms with E-state index in [2.05, 4.69) is 25.3 Å². The minimum absolute atomic E-state index is 0.0526. The number of hydrogen-bond donors (Lipinski definition) is 2. The number of likely N-dealkylation sites (N-methyl/N-ethyl adjacent to an activating group) is 1. The van der Waals surface area contributed by atoms with Gasteiger partial charge in [-0.25, -0.2) is 19.9 Å². The first-order valence-electron chi connectivity index (χ1n) is 11.7. The third-order valence-corrected chi connectivity index (χ3v) is 6.95. The number of fused-ring (bicyclic) bond motifs is 5. The topological polar surface area (TPSA) is 141 Å². The zero-order chi connectivity index (χ0) is 25.3. The van der Waals surface area contributed by atoms with Gasteiger partial charge < -0.3 is 20.7 Å². The number of hydrogen-bond acceptors (Lipinski definition) is 8. The van der Waals surface area contributed by atoms with E-state index < -0.39 is 0 Å². The first-order chi connectivity index (χ1) is 18.0. The molecule has 0 bridgehead atoms. The van der Waals surface area contributed by atoms with Crippen LogP contribution in [0, 0.1) is 0 Å². The normalized spacial score (nSPS) is 15.9. The van der Waals surface area contributed by atoms with Crippen LogP contribution in [0.25, 0.3) is 27.7 Å². The van der Waals surface area contributed by atoms with E-state index in [0.29, 0.717) is 47.0 Å². The molecule has 0 unspecified atom stereocenters. The molecule has 2 aliphatic rings. The van der Waals surface area contributed by atoms with E-state index in [9.17, 15) is 9.59 Å². The maximum Gasteiger partial charge on any atom is 0.272 e. The summed E-state index contributed by atoms with van der Waals surface area (Å²) in [5, 5.41) is 2.75. The highest BCUT2D eigenvalue weighted by atomic mass is 16.5. The number of nitrogens with zero attached hydrogens (tertiary/aromatic N) is 6. The molecule has 37 heavy (non-hydrogen) atoms. The average Bonchev–Trinajstić information content (AvgIpc) is 3.64. The number of benzene rings is 1. The fourth-order valence-corrected chi connectivity index (χ4v) is 4.98. The van der Waals surface area contributed by atoms with Crippen molar-refractivity contribution in [3.63, 3.8) is 0 Å². The van der Waals surface area contributed by atoms with E-state index in [4.69, 9.17) is 10.5 Å². The van der Waals surface area contributed by atoms with Crippen LogP contribution in [0.2, 0.25) is 0 Å². The number of anilines is 2. The molecule has 0 radical (unpaired) electrons. The molecule has 3 N–H and O–H groups in total. The number of nitrogen functional groups attached to an aromatic ring is 1. The lowest BCUT2D eigenvalue weighted by atomic mass is 10.0. The van der Waals surface area contributed by atoms with Gasteiger partial charge in [0.05, 0.1) is 36.7 Å². The highest BCUT2D eigenvalue weighted by molar-refractivity contribution is 5.98. The summed E-state index contributed by atoms with van der Waals surface area (Å²) in [6.07, 6.45) is 6.87. The van der Waals surface area contributed by atoms with Crippen LogP contribution in [0.1, 0.15) is 27.7 Å². The summed E-state index contributed by atoms with van der Waals surface area (Å²) in [6, 6.07) is 9.29. The van der Waals surface area contributed by atoms with Gasteiger partial charge in [0, 0.05) is 29.9 Å². The minimum atomic E-state index is -0.271. The summed E-state index contributed by atoms with van der Waals surface area (Å²) in [5.74, 6) is 1.38. The molecular formula is C26H20N8O3. The lowest BCUT2D eigenvalue weighted by Crippen LogP contribution is -2.32. The van der Waals surface area contributed by atoms with Gasteiger partial charge in [-0.15, -0.1) is 0 Å². The Morgan fingerprint density at radius 3 is 2.92 bits per heavy atom. The van der Waals surface area contributed by atoms with Crippen LogP contribution in [0.5, 0.6) is 5.75 Å². The molecule has 11 nitrogen and oxygen atoms in total. The first kappa shape index (κ1) is 21.2. The standard InChI is InChI=1S/C26H20N8O3/c1-33(26(36)17-7-19-18(9-29-17)31-24(27)20-10-28-12-34(19)20)21-11-37-22-5-13(2-3-16(21)22)15-4-14-6-23(35)32-25(14)30-8-15/h2-5,7-10,12,21H,6,11H2,1H3,(H2,27,31)(H,30,32,35)/t21-/m0/s1. The van der Waals surface area contributed by atoms with Gasteiger partial charge in [0.25, 0.3) is 5.91 Å². The Bertz CT molecular complexity index is 1780. The van der Waals surface area contributed by atoms with Crippen molar-refractivity contribution in [1.82, 2.24) is 29.2 Å². The monoisotopic (exact) mass is 492 g/mol. The maximum atomic E-state index is 13.4. The molecule has 0 spiro atoms. The van der Waals surface area contributed by atoms with Gasteiger partial charge in [-0.05, 0) is 23.8 Å². The lowest BCUT2D eigenvalue weighted by molar-refractivity contribution is -0.115. The fourth-order valence-electron chi connectivity index (χ4n) is 4.98. The van der Waals surface area contributed by atoms with Crippen molar-refractivity contribution in [2.75, 3.05) is 24.7 Å². The summed E-state index contributed by atoms with van der Waals surface area (Å²) in [6.45, 7) is 0.333. The number of carbonyl (C=O) groups is 2. The number of rotatable bonds is 3. The molecule has 7 rings (SSSR count). The zero-order valence-corrected chi connectivity index (χ0v) is 19.7. The maximum absolute atomic E-state index is 13.4. The van der Waals surface area contributed by atoms with Crippen molar-refractivity contribution >= 4 is 40.0 Å². The Labute approximate surface area is 209 Å². The molecule has 2 aliphatic heterocycles. The Hall–Kier alpha value is -5.06. The van der Waals surface area contributed by atoms with Crippen LogP contribution in [-0.2, 0) is 11.2 Å². The summed E-state index contributed by atoms with van der Waals surface area (Å²) in [5.41, 5.74) is 11.8. The van der Waals surface area contributed by atoms with Crippen molar-refractivity contribution in [2.45, 2.75) is 12.5 Å². The second-order valence-electron chi connectivity index (χ2n) is 9.16. The third-order valence-electron chi connectivity index (χ3n) is 6.95. The van der Waals surface area contributed by atoms with Gasteiger partial charge in [-0.3, -0.25) is 14.0 Å². The van der Waals surface area contributed by atoms with Crippen molar-refractivity contribution in [1.29, 1.82) is 0 Å². The van der Waals surface area contributed by atoms with Crippen LogP contribution in [0.3, 0.4) is 0 Å². The van der Waals surface area contributed by atoms with Crippen molar-refractivity contribution in [2.24, 2.45) is 0 Å². The molecule has 0 aliphatic carbocycles. The number of imidazole rings is 1. The van der Waals surface area contributed by atoms with Gasteiger partial charge >= 0.3 is 0 Å². The van der Waals surface area contributed by atoms with E-state index in [-0.39, 0.29) is 23.6 Å². The predicted octanol–water partition coefficient (Wildman–Crippen LogP) is 2.62. The lowest BCUT2D eigenvalue weighted by Gasteiger charge is -2.23.